The molecule has 1 unspecified atom stereocenters. The average Bonchev–Trinajstić information content (AvgIpc) is 3.44. The molecular formula is C18H22N2S. The van der Waals surface area contributed by atoms with Gasteiger partial charge in [-0.1, -0.05) is 24.3 Å². The standard InChI is InChI=1S/C18H22N2S/c1-13(20(16-8-9-16)19-15-6-7-15)17-4-2-3-5-18(17)14-10-11-21-12-14/h2-5,10-13,15-16,19H,6-9H2,1H3. The number of nitrogens with one attached hydrogen (secondary N) is 1. The lowest BCUT2D eigenvalue weighted by molar-refractivity contribution is 0.119. The van der Waals surface area contributed by atoms with Crippen LogP contribution < -0.4 is 5.43 Å². The van der Waals surface area contributed by atoms with Gasteiger partial charge in [0.1, 0.15) is 0 Å². The van der Waals surface area contributed by atoms with Crippen molar-refractivity contribution in [2.45, 2.75) is 50.7 Å². The van der Waals surface area contributed by atoms with Crippen molar-refractivity contribution in [3.63, 3.8) is 0 Å². The van der Waals surface area contributed by atoms with E-state index >= 15 is 0 Å². The molecule has 0 saturated heterocycles. The van der Waals surface area contributed by atoms with Gasteiger partial charge in [0.05, 0.1) is 0 Å². The van der Waals surface area contributed by atoms with E-state index in [-0.39, 0.29) is 0 Å². The third-order valence-corrected chi connectivity index (χ3v) is 5.19. The van der Waals surface area contributed by atoms with Crippen molar-refractivity contribution in [1.82, 2.24) is 10.4 Å². The monoisotopic (exact) mass is 298 g/mol. The van der Waals surface area contributed by atoms with Crippen LogP contribution in [0.1, 0.15) is 44.2 Å². The molecule has 4 rings (SSSR count). The first-order valence-corrected chi connectivity index (χ1v) is 8.93. The Balaban J connectivity index is 1.64. The molecule has 2 aromatic rings. The highest BCUT2D eigenvalue weighted by molar-refractivity contribution is 7.08. The quantitative estimate of drug-likeness (QED) is 0.784. The van der Waals surface area contributed by atoms with Gasteiger partial charge in [0.25, 0.3) is 0 Å². The molecule has 1 N–H and O–H groups in total. The predicted octanol–water partition coefficient (Wildman–Crippen LogP) is 4.61. The maximum atomic E-state index is 3.76. The molecule has 2 saturated carbocycles. The summed E-state index contributed by atoms with van der Waals surface area (Å²) in [6.07, 6.45) is 5.35. The van der Waals surface area contributed by atoms with E-state index in [9.17, 15) is 0 Å². The zero-order chi connectivity index (χ0) is 14.2. The molecule has 21 heavy (non-hydrogen) atoms. The lowest BCUT2D eigenvalue weighted by atomic mass is 9.97. The Labute approximate surface area is 130 Å². The summed E-state index contributed by atoms with van der Waals surface area (Å²) in [7, 11) is 0. The number of hydrogen-bond acceptors (Lipinski definition) is 3. The van der Waals surface area contributed by atoms with Crippen LogP contribution in [0.25, 0.3) is 11.1 Å². The second kappa shape index (κ2) is 5.56. The highest BCUT2D eigenvalue weighted by Gasteiger charge is 2.36. The Hall–Kier alpha value is -1.16. The highest BCUT2D eigenvalue weighted by Crippen LogP contribution is 2.38. The lowest BCUT2D eigenvalue weighted by Crippen LogP contribution is -2.43. The molecule has 1 aromatic carbocycles. The number of thiophene rings is 1. The zero-order valence-electron chi connectivity index (χ0n) is 12.5. The molecule has 0 spiro atoms. The summed E-state index contributed by atoms with van der Waals surface area (Å²) in [5.74, 6) is 0. The fraction of sp³-hybridized carbons (Fsp3) is 0.444. The number of benzene rings is 1. The Kier molecular flexibility index (Phi) is 3.57. The molecule has 0 aliphatic heterocycles. The van der Waals surface area contributed by atoms with Crippen LogP contribution in [0.4, 0.5) is 0 Å². The van der Waals surface area contributed by atoms with Crippen LogP contribution in [-0.2, 0) is 0 Å². The Bertz CT molecular complexity index is 599. The zero-order valence-corrected chi connectivity index (χ0v) is 13.3. The molecule has 1 aromatic heterocycles. The summed E-state index contributed by atoms with van der Waals surface area (Å²) in [5, 5.41) is 6.95. The van der Waals surface area contributed by atoms with Crippen molar-refractivity contribution < 1.29 is 0 Å². The van der Waals surface area contributed by atoms with Crippen LogP contribution in [0.5, 0.6) is 0 Å². The lowest BCUT2D eigenvalue weighted by Gasteiger charge is -2.31. The summed E-state index contributed by atoms with van der Waals surface area (Å²) >= 11 is 1.77. The highest BCUT2D eigenvalue weighted by atomic mass is 32.1. The van der Waals surface area contributed by atoms with E-state index in [2.05, 4.69) is 58.5 Å². The molecule has 110 valence electrons. The Morgan fingerprint density at radius 2 is 1.95 bits per heavy atom. The average molecular weight is 298 g/mol. The van der Waals surface area contributed by atoms with Crippen LogP contribution in [-0.4, -0.2) is 17.1 Å². The molecule has 2 aliphatic carbocycles. The van der Waals surface area contributed by atoms with E-state index in [4.69, 9.17) is 0 Å². The number of rotatable bonds is 6. The maximum Gasteiger partial charge on any atom is 0.0474 e. The van der Waals surface area contributed by atoms with E-state index in [1.807, 2.05) is 0 Å². The van der Waals surface area contributed by atoms with E-state index in [0.717, 1.165) is 12.1 Å². The molecule has 0 amide bonds. The third kappa shape index (κ3) is 2.91. The first-order chi connectivity index (χ1) is 10.3. The largest absolute Gasteiger partial charge is 0.251 e. The summed E-state index contributed by atoms with van der Waals surface area (Å²) in [4.78, 5) is 0. The molecule has 2 aliphatic rings. The molecule has 1 atom stereocenters. The maximum absolute atomic E-state index is 3.76. The van der Waals surface area contributed by atoms with Crippen LogP contribution in [0.3, 0.4) is 0 Å². The topological polar surface area (TPSA) is 15.3 Å². The van der Waals surface area contributed by atoms with Gasteiger partial charge in [0.2, 0.25) is 0 Å². The minimum atomic E-state index is 0.425. The summed E-state index contributed by atoms with van der Waals surface area (Å²) < 4.78 is 0. The molecule has 2 nitrogen and oxygen atoms in total. The Morgan fingerprint density at radius 3 is 2.62 bits per heavy atom. The predicted molar refractivity (Wildman–Crippen MR) is 89.2 cm³/mol. The molecule has 3 heteroatoms. The van der Waals surface area contributed by atoms with E-state index in [1.165, 1.54) is 42.4 Å². The molecule has 1 heterocycles. The van der Waals surface area contributed by atoms with Crippen molar-refractivity contribution in [1.29, 1.82) is 0 Å². The summed E-state index contributed by atoms with van der Waals surface area (Å²) in [6.45, 7) is 2.35. The fourth-order valence-corrected chi connectivity index (χ4v) is 3.66. The third-order valence-electron chi connectivity index (χ3n) is 4.51. The van der Waals surface area contributed by atoms with Crippen molar-refractivity contribution in [3.05, 3.63) is 46.7 Å². The van der Waals surface area contributed by atoms with Crippen LogP contribution in [0, 0.1) is 0 Å². The Morgan fingerprint density at radius 1 is 1.14 bits per heavy atom. The second-order valence-electron chi connectivity index (χ2n) is 6.32. The SMILES string of the molecule is CC(c1ccccc1-c1ccsc1)N(NC1CC1)C1CC1. The van der Waals surface area contributed by atoms with Gasteiger partial charge in [-0.2, -0.15) is 11.3 Å². The van der Waals surface area contributed by atoms with Gasteiger partial charge in [-0.25, -0.2) is 5.01 Å². The van der Waals surface area contributed by atoms with Crippen molar-refractivity contribution in [2.24, 2.45) is 0 Å². The van der Waals surface area contributed by atoms with Gasteiger partial charge >= 0.3 is 0 Å². The molecule has 0 radical (unpaired) electrons. The van der Waals surface area contributed by atoms with E-state index < -0.39 is 0 Å². The normalized spacial score (nSPS) is 19.9. The van der Waals surface area contributed by atoms with E-state index in [1.54, 1.807) is 11.3 Å². The minimum absolute atomic E-state index is 0.425. The number of hydrazine groups is 1. The fourth-order valence-electron chi connectivity index (χ4n) is 3.00. The smallest absolute Gasteiger partial charge is 0.0474 e. The van der Waals surface area contributed by atoms with Crippen LogP contribution in [0.15, 0.2) is 41.1 Å². The van der Waals surface area contributed by atoms with Crippen molar-refractivity contribution in [2.75, 3.05) is 0 Å². The van der Waals surface area contributed by atoms with Gasteiger partial charge in [0.15, 0.2) is 0 Å². The summed E-state index contributed by atoms with van der Waals surface area (Å²) in [5.41, 5.74) is 7.94. The summed E-state index contributed by atoms with van der Waals surface area (Å²) in [6, 6.07) is 13.0. The van der Waals surface area contributed by atoms with Crippen molar-refractivity contribution in [3.8, 4) is 11.1 Å². The first kappa shape index (κ1) is 13.5. The van der Waals surface area contributed by atoms with Crippen LogP contribution >= 0.6 is 11.3 Å². The van der Waals surface area contributed by atoms with Crippen LogP contribution in [0.2, 0.25) is 0 Å². The van der Waals surface area contributed by atoms with E-state index in [0.29, 0.717) is 6.04 Å². The van der Waals surface area contributed by atoms with Gasteiger partial charge in [-0.05, 0) is 66.1 Å². The second-order valence-corrected chi connectivity index (χ2v) is 7.10. The molecular weight excluding hydrogens is 276 g/mol. The molecule has 0 bridgehead atoms. The minimum Gasteiger partial charge on any atom is -0.251 e. The first-order valence-electron chi connectivity index (χ1n) is 7.99. The van der Waals surface area contributed by atoms with Gasteiger partial charge in [-0.15, -0.1) is 0 Å². The van der Waals surface area contributed by atoms with Gasteiger partial charge < -0.3 is 0 Å². The number of nitrogens with zero attached hydrogens (tertiary/aromatic N) is 1. The van der Waals surface area contributed by atoms with Gasteiger partial charge in [-0.3, -0.25) is 5.43 Å². The van der Waals surface area contributed by atoms with Crippen molar-refractivity contribution >= 4 is 11.3 Å². The molecule has 2 fully saturated rings. The number of hydrogen-bond donors (Lipinski definition) is 1. The van der Waals surface area contributed by atoms with Gasteiger partial charge in [0, 0.05) is 18.1 Å².